The van der Waals surface area contributed by atoms with Gasteiger partial charge in [-0.05, 0) is 63.6 Å². The molecule has 8 nitrogen and oxygen atoms in total. The molecule has 1 saturated heterocycles. The molecule has 2 aromatic rings. The molecule has 0 radical (unpaired) electrons. The lowest BCUT2D eigenvalue weighted by Crippen LogP contribution is -2.50. The Bertz CT molecular complexity index is 947. The summed E-state index contributed by atoms with van der Waals surface area (Å²) in [5, 5.41) is 11.3. The van der Waals surface area contributed by atoms with Gasteiger partial charge in [0.15, 0.2) is 0 Å². The SMILES string of the molecule is COC[C@@H](C)N[C@H]1CC[C@H](Nc2cc(-c3cccc(NCC4(N)CCOCC4)n3)c(Cl)cn2)CC1. The van der Waals surface area contributed by atoms with E-state index in [-0.39, 0.29) is 5.54 Å². The summed E-state index contributed by atoms with van der Waals surface area (Å²) in [6, 6.07) is 9.23. The number of hydrogen-bond donors (Lipinski definition) is 4. The number of anilines is 2. The molecule has 5 N–H and O–H groups in total. The van der Waals surface area contributed by atoms with Gasteiger partial charge in [0, 0.05) is 62.3 Å². The third kappa shape index (κ3) is 7.51. The molecule has 3 heterocycles. The van der Waals surface area contributed by atoms with E-state index in [9.17, 15) is 0 Å². The third-order valence-corrected chi connectivity index (χ3v) is 7.31. The molecule has 2 aromatic heterocycles. The van der Waals surface area contributed by atoms with E-state index in [1.165, 1.54) is 0 Å². The summed E-state index contributed by atoms with van der Waals surface area (Å²) in [6.07, 6.45) is 7.86. The molecule has 0 amide bonds. The molecule has 2 aliphatic rings. The number of nitrogens with two attached hydrogens (primary N) is 1. The highest BCUT2D eigenvalue weighted by Crippen LogP contribution is 2.30. The molecule has 0 bridgehead atoms. The maximum atomic E-state index is 6.54. The lowest BCUT2D eigenvalue weighted by molar-refractivity contribution is 0.0574. The molecule has 1 saturated carbocycles. The molecular formula is C26H39ClN6O2. The van der Waals surface area contributed by atoms with Crippen molar-refractivity contribution in [3.05, 3.63) is 35.5 Å². The number of nitrogens with one attached hydrogen (secondary N) is 3. The highest BCUT2D eigenvalue weighted by atomic mass is 35.5. The van der Waals surface area contributed by atoms with Crippen molar-refractivity contribution < 1.29 is 9.47 Å². The number of nitrogens with zero attached hydrogens (tertiary/aromatic N) is 2. The minimum absolute atomic E-state index is 0.266. The van der Waals surface area contributed by atoms with Gasteiger partial charge in [0.1, 0.15) is 11.6 Å². The molecule has 9 heteroatoms. The number of halogens is 1. The molecule has 0 aromatic carbocycles. The minimum atomic E-state index is -0.266. The zero-order valence-corrected chi connectivity index (χ0v) is 21.6. The van der Waals surface area contributed by atoms with Crippen LogP contribution in [-0.4, -0.2) is 67.1 Å². The number of pyridine rings is 2. The standard InChI is InChI=1S/C26H39ClN6O2/c1-18(16-34-2)31-19-6-8-20(9-7-19)32-25-14-21(22(27)15-29-25)23-4-3-5-24(33-23)30-17-26(28)10-12-35-13-11-26/h3-5,14-15,18-20,31H,6-13,16-17,28H2,1-2H3,(H,29,32)(H,30,33)/t18-,19-,20-/m1/s1. The highest BCUT2D eigenvalue weighted by molar-refractivity contribution is 6.33. The first-order valence-electron chi connectivity index (χ1n) is 12.7. The Labute approximate surface area is 213 Å². The van der Waals surface area contributed by atoms with E-state index in [0.29, 0.717) is 42.9 Å². The Morgan fingerprint density at radius 1 is 1.17 bits per heavy atom. The van der Waals surface area contributed by atoms with Crippen molar-refractivity contribution in [2.45, 2.75) is 69.1 Å². The number of hydrogen-bond acceptors (Lipinski definition) is 8. The molecule has 0 spiro atoms. The maximum absolute atomic E-state index is 6.54. The van der Waals surface area contributed by atoms with Gasteiger partial charge in [-0.1, -0.05) is 17.7 Å². The average molecular weight is 503 g/mol. The fourth-order valence-corrected chi connectivity index (χ4v) is 5.13. The van der Waals surface area contributed by atoms with Gasteiger partial charge in [0.05, 0.1) is 17.3 Å². The molecule has 1 aliphatic heterocycles. The van der Waals surface area contributed by atoms with Crippen LogP contribution in [0, 0.1) is 0 Å². The second kappa shape index (κ2) is 12.3. The molecule has 4 rings (SSSR count). The molecule has 192 valence electrons. The van der Waals surface area contributed by atoms with Crippen LogP contribution in [0.5, 0.6) is 0 Å². The van der Waals surface area contributed by atoms with Gasteiger partial charge in [0.25, 0.3) is 0 Å². The largest absolute Gasteiger partial charge is 0.383 e. The van der Waals surface area contributed by atoms with Gasteiger partial charge in [-0.15, -0.1) is 0 Å². The van der Waals surface area contributed by atoms with Crippen LogP contribution in [0.3, 0.4) is 0 Å². The second-order valence-corrected chi connectivity index (χ2v) is 10.4. The zero-order chi connectivity index (χ0) is 24.7. The number of methoxy groups -OCH3 is 1. The number of ether oxygens (including phenoxy) is 2. The Morgan fingerprint density at radius 2 is 1.91 bits per heavy atom. The van der Waals surface area contributed by atoms with E-state index in [1.807, 2.05) is 24.3 Å². The van der Waals surface area contributed by atoms with Crippen molar-refractivity contribution in [2.24, 2.45) is 5.73 Å². The lowest BCUT2D eigenvalue weighted by Gasteiger charge is -2.33. The van der Waals surface area contributed by atoms with Crippen molar-refractivity contribution in [3.8, 4) is 11.3 Å². The quantitative estimate of drug-likeness (QED) is 0.385. The summed E-state index contributed by atoms with van der Waals surface area (Å²) in [4.78, 5) is 9.34. The summed E-state index contributed by atoms with van der Waals surface area (Å²) in [5.41, 5.74) is 7.93. The summed E-state index contributed by atoms with van der Waals surface area (Å²) >= 11 is 6.54. The van der Waals surface area contributed by atoms with Crippen LogP contribution in [0.2, 0.25) is 5.02 Å². The predicted molar refractivity (Wildman–Crippen MR) is 142 cm³/mol. The molecule has 1 atom stereocenters. The first-order chi connectivity index (χ1) is 16.9. The predicted octanol–water partition coefficient (Wildman–Crippen LogP) is 4.06. The van der Waals surface area contributed by atoms with Crippen LogP contribution in [-0.2, 0) is 9.47 Å². The fourth-order valence-electron chi connectivity index (χ4n) is 4.93. The van der Waals surface area contributed by atoms with Crippen molar-refractivity contribution in [1.29, 1.82) is 0 Å². The van der Waals surface area contributed by atoms with Crippen LogP contribution in [0.15, 0.2) is 30.5 Å². The normalized spacial score (nSPS) is 23.0. The van der Waals surface area contributed by atoms with Crippen molar-refractivity contribution in [2.75, 3.05) is 44.1 Å². The van der Waals surface area contributed by atoms with Crippen LogP contribution < -0.4 is 21.7 Å². The summed E-state index contributed by atoms with van der Waals surface area (Å²) in [5.74, 6) is 1.62. The first kappa shape index (κ1) is 26.1. The van der Waals surface area contributed by atoms with Crippen LogP contribution in [0.4, 0.5) is 11.6 Å². The van der Waals surface area contributed by atoms with E-state index in [1.54, 1.807) is 13.3 Å². The van der Waals surface area contributed by atoms with Gasteiger partial charge in [0.2, 0.25) is 0 Å². The second-order valence-electron chi connectivity index (χ2n) is 10.0. The number of aromatic nitrogens is 2. The van der Waals surface area contributed by atoms with E-state index in [0.717, 1.165) is 68.0 Å². The van der Waals surface area contributed by atoms with Crippen LogP contribution in [0.25, 0.3) is 11.3 Å². The van der Waals surface area contributed by atoms with E-state index in [2.05, 4.69) is 27.9 Å². The topological polar surface area (TPSA) is 106 Å². The summed E-state index contributed by atoms with van der Waals surface area (Å²) in [6.45, 7) is 4.98. The van der Waals surface area contributed by atoms with E-state index >= 15 is 0 Å². The Hall–Kier alpha value is -1.97. The molecular weight excluding hydrogens is 464 g/mol. The summed E-state index contributed by atoms with van der Waals surface area (Å²) in [7, 11) is 1.75. The van der Waals surface area contributed by atoms with Gasteiger partial charge >= 0.3 is 0 Å². The van der Waals surface area contributed by atoms with Gasteiger partial charge in [-0.2, -0.15) is 0 Å². The Morgan fingerprint density at radius 3 is 2.66 bits per heavy atom. The van der Waals surface area contributed by atoms with Crippen molar-refractivity contribution >= 4 is 23.2 Å². The Balaban J connectivity index is 1.36. The number of rotatable bonds is 10. The minimum Gasteiger partial charge on any atom is -0.383 e. The van der Waals surface area contributed by atoms with Gasteiger partial charge in [-0.25, -0.2) is 9.97 Å². The zero-order valence-electron chi connectivity index (χ0n) is 20.9. The highest BCUT2D eigenvalue weighted by Gasteiger charge is 2.28. The smallest absolute Gasteiger partial charge is 0.126 e. The fraction of sp³-hybridized carbons (Fsp3) is 0.615. The average Bonchev–Trinajstić information content (AvgIpc) is 2.86. The van der Waals surface area contributed by atoms with Crippen LogP contribution in [0.1, 0.15) is 45.4 Å². The maximum Gasteiger partial charge on any atom is 0.126 e. The first-order valence-corrected chi connectivity index (χ1v) is 13.1. The Kier molecular flexibility index (Phi) is 9.19. The monoisotopic (exact) mass is 502 g/mol. The molecule has 2 fully saturated rings. The van der Waals surface area contributed by atoms with Crippen molar-refractivity contribution in [3.63, 3.8) is 0 Å². The van der Waals surface area contributed by atoms with E-state index < -0.39 is 0 Å². The lowest BCUT2D eigenvalue weighted by atomic mass is 9.90. The van der Waals surface area contributed by atoms with E-state index in [4.69, 9.17) is 31.8 Å². The third-order valence-electron chi connectivity index (χ3n) is 7.01. The molecule has 0 unspecified atom stereocenters. The van der Waals surface area contributed by atoms with Gasteiger partial charge < -0.3 is 31.2 Å². The molecule has 35 heavy (non-hydrogen) atoms. The van der Waals surface area contributed by atoms with Crippen LogP contribution >= 0.6 is 11.6 Å². The molecule has 1 aliphatic carbocycles. The van der Waals surface area contributed by atoms with Gasteiger partial charge in [-0.3, -0.25) is 0 Å². The summed E-state index contributed by atoms with van der Waals surface area (Å²) < 4.78 is 10.7. The van der Waals surface area contributed by atoms with Crippen molar-refractivity contribution in [1.82, 2.24) is 15.3 Å².